The van der Waals surface area contributed by atoms with Crippen LogP contribution in [0.15, 0.2) is 0 Å². The second-order valence-corrected chi connectivity index (χ2v) is 1.32. The van der Waals surface area contributed by atoms with Crippen molar-refractivity contribution in [3.63, 3.8) is 0 Å². The van der Waals surface area contributed by atoms with Crippen molar-refractivity contribution >= 4 is 5.91 Å². The monoisotopic (exact) mass is 102 g/mol. The van der Waals surface area contributed by atoms with E-state index in [1.54, 1.807) is 0 Å². The Hall–Kier alpha value is -0.610. The van der Waals surface area contributed by atoms with Crippen molar-refractivity contribution in [1.82, 2.24) is 10.6 Å². The molecule has 1 atom stereocenters. The van der Waals surface area contributed by atoms with Crippen molar-refractivity contribution in [2.24, 2.45) is 0 Å². The number of carbonyl (C=O) groups excluding carboxylic acids is 1. The van der Waals surface area contributed by atoms with Gasteiger partial charge in [-0.15, -0.1) is 0 Å². The fourth-order valence-electron chi connectivity index (χ4n) is 0.424. The van der Waals surface area contributed by atoms with Gasteiger partial charge in [0.25, 0.3) is 5.91 Å². The predicted octanol–water partition coefficient (Wildman–Crippen LogP) is -2.02. The van der Waals surface area contributed by atoms with E-state index in [2.05, 4.69) is 10.6 Å². The van der Waals surface area contributed by atoms with Crippen LogP contribution >= 0.6 is 0 Å². The van der Waals surface area contributed by atoms with Crippen molar-refractivity contribution in [3.8, 4) is 0 Å². The highest BCUT2D eigenvalue weighted by Gasteiger charge is 2.18. The Morgan fingerprint density at radius 3 is 2.71 bits per heavy atom. The molecule has 3 N–H and O–H groups in total. The van der Waals surface area contributed by atoms with E-state index in [0.29, 0.717) is 6.67 Å². The van der Waals surface area contributed by atoms with Gasteiger partial charge in [-0.2, -0.15) is 0 Å². The van der Waals surface area contributed by atoms with Crippen LogP contribution in [0.1, 0.15) is 0 Å². The van der Waals surface area contributed by atoms with Crippen LogP contribution < -0.4 is 10.6 Å². The average molecular weight is 102 g/mol. The maximum absolute atomic E-state index is 10.2. The lowest BCUT2D eigenvalue weighted by Gasteiger charge is -1.91. The van der Waals surface area contributed by atoms with Gasteiger partial charge in [0.05, 0.1) is 6.67 Å². The van der Waals surface area contributed by atoms with Crippen LogP contribution in [-0.4, -0.2) is 23.9 Å². The minimum atomic E-state index is -0.986. The SMILES string of the molecule is O=C1NCNC1O. The molecule has 1 aliphatic heterocycles. The minimum Gasteiger partial charge on any atom is -0.370 e. The maximum atomic E-state index is 10.2. The normalized spacial score (nSPS) is 30.4. The zero-order valence-corrected chi connectivity index (χ0v) is 3.64. The Kier molecular flexibility index (Phi) is 0.958. The zero-order chi connectivity index (χ0) is 5.28. The number of rotatable bonds is 0. The van der Waals surface area contributed by atoms with Crippen LogP contribution in [0.2, 0.25) is 0 Å². The molecule has 0 aliphatic carbocycles. The summed E-state index contributed by atoms with van der Waals surface area (Å²) in [6, 6.07) is 0. The second-order valence-electron chi connectivity index (χ2n) is 1.32. The van der Waals surface area contributed by atoms with Gasteiger partial charge in [-0.1, -0.05) is 0 Å². The summed E-state index contributed by atoms with van der Waals surface area (Å²) in [5.74, 6) is -0.347. The van der Waals surface area contributed by atoms with Crippen molar-refractivity contribution in [3.05, 3.63) is 0 Å². The summed E-state index contributed by atoms with van der Waals surface area (Å²) < 4.78 is 0. The zero-order valence-electron chi connectivity index (χ0n) is 3.64. The molecule has 1 amide bonds. The summed E-state index contributed by atoms with van der Waals surface area (Å²) in [7, 11) is 0. The summed E-state index contributed by atoms with van der Waals surface area (Å²) in [4.78, 5) is 10.2. The third kappa shape index (κ3) is 0.703. The van der Waals surface area contributed by atoms with Crippen molar-refractivity contribution < 1.29 is 9.90 Å². The highest BCUT2D eigenvalue weighted by Crippen LogP contribution is 1.80. The smallest absolute Gasteiger partial charge is 0.265 e. The number of aliphatic hydroxyl groups excluding tert-OH is 1. The second kappa shape index (κ2) is 1.48. The minimum absolute atomic E-state index is 0.347. The molecule has 4 nitrogen and oxygen atoms in total. The molecule has 40 valence electrons. The first-order valence-corrected chi connectivity index (χ1v) is 2.00. The average Bonchev–Trinajstić information content (AvgIpc) is 1.91. The van der Waals surface area contributed by atoms with Crippen LogP contribution in [0.5, 0.6) is 0 Å². The molecule has 0 saturated carbocycles. The molecule has 1 rings (SSSR count). The van der Waals surface area contributed by atoms with Gasteiger partial charge < -0.3 is 10.4 Å². The predicted molar refractivity (Wildman–Crippen MR) is 22.2 cm³/mol. The number of carbonyl (C=O) groups is 1. The fraction of sp³-hybridized carbons (Fsp3) is 0.667. The van der Waals surface area contributed by atoms with Crippen molar-refractivity contribution in [2.45, 2.75) is 6.23 Å². The van der Waals surface area contributed by atoms with Gasteiger partial charge >= 0.3 is 0 Å². The Bertz CT molecular complexity index is 92.9. The van der Waals surface area contributed by atoms with Gasteiger partial charge in [-0.05, 0) is 0 Å². The highest BCUT2D eigenvalue weighted by atomic mass is 16.3. The summed E-state index contributed by atoms with van der Waals surface area (Å²) in [5, 5.41) is 13.3. The Morgan fingerprint density at radius 1 is 1.86 bits per heavy atom. The van der Waals surface area contributed by atoms with Crippen LogP contribution in [0, 0.1) is 0 Å². The van der Waals surface area contributed by atoms with Crippen LogP contribution in [0.25, 0.3) is 0 Å². The van der Waals surface area contributed by atoms with Gasteiger partial charge in [0.1, 0.15) is 0 Å². The molecule has 1 heterocycles. The number of hydrogen-bond donors (Lipinski definition) is 3. The fourth-order valence-corrected chi connectivity index (χ4v) is 0.424. The molecule has 1 saturated heterocycles. The molecule has 0 aromatic heterocycles. The van der Waals surface area contributed by atoms with E-state index in [0.717, 1.165) is 0 Å². The first kappa shape index (κ1) is 4.55. The van der Waals surface area contributed by atoms with E-state index in [1.807, 2.05) is 0 Å². The lowest BCUT2D eigenvalue weighted by Crippen LogP contribution is -2.26. The molecule has 0 bridgehead atoms. The van der Waals surface area contributed by atoms with Gasteiger partial charge in [-0.25, -0.2) is 0 Å². The molecule has 0 aromatic carbocycles. The van der Waals surface area contributed by atoms with Crippen LogP contribution in [0.4, 0.5) is 0 Å². The van der Waals surface area contributed by atoms with Crippen molar-refractivity contribution in [2.75, 3.05) is 6.67 Å². The van der Waals surface area contributed by atoms with E-state index in [-0.39, 0.29) is 5.91 Å². The van der Waals surface area contributed by atoms with E-state index < -0.39 is 6.23 Å². The first-order valence-electron chi connectivity index (χ1n) is 2.00. The lowest BCUT2D eigenvalue weighted by molar-refractivity contribution is -0.126. The summed E-state index contributed by atoms with van der Waals surface area (Å²) in [5.41, 5.74) is 0. The van der Waals surface area contributed by atoms with Gasteiger partial charge in [-0.3, -0.25) is 10.1 Å². The van der Waals surface area contributed by atoms with E-state index in [9.17, 15) is 4.79 Å². The topological polar surface area (TPSA) is 61.4 Å². The van der Waals surface area contributed by atoms with E-state index in [1.165, 1.54) is 0 Å². The molecule has 1 aliphatic rings. The molecular formula is C3H6N2O2. The Labute approximate surface area is 40.5 Å². The molecule has 4 heteroatoms. The van der Waals surface area contributed by atoms with Gasteiger partial charge in [0.2, 0.25) is 0 Å². The number of hydrogen-bond acceptors (Lipinski definition) is 3. The third-order valence-electron chi connectivity index (χ3n) is 0.806. The molecule has 1 fully saturated rings. The largest absolute Gasteiger partial charge is 0.370 e. The molecule has 0 spiro atoms. The standard InChI is InChI=1S/C3H6N2O2/c6-2-3(7)5-1-4-2/h2,4,6H,1H2,(H,5,7). The molecule has 0 radical (unpaired) electrons. The summed E-state index contributed by atoms with van der Waals surface area (Å²) in [6.07, 6.45) is -0.986. The highest BCUT2D eigenvalue weighted by molar-refractivity contribution is 5.81. The molecule has 1 unspecified atom stereocenters. The van der Waals surface area contributed by atoms with Gasteiger partial charge in [0, 0.05) is 0 Å². The lowest BCUT2D eigenvalue weighted by atomic mass is 10.6. The quantitative estimate of drug-likeness (QED) is 0.331. The number of aliphatic hydroxyl groups is 1. The Balaban J connectivity index is 2.48. The van der Waals surface area contributed by atoms with Gasteiger partial charge in [0.15, 0.2) is 6.23 Å². The summed E-state index contributed by atoms with van der Waals surface area (Å²) in [6.45, 7) is 0.375. The van der Waals surface area contributed by atoms with E-state index >= 15 is 0 Å². The van der Waals surface area contributed by atoms with Crippen LogP contribution in [-0.2, 0) is 4.79 Å². The number of nitrogens with one attached hydrogen (secondary N) is 2. The summed E-state index contributed by atoms with van der Waals surface area (Å²) >= 11 is 0. The van der Waals surface area contributed by atoms with E-state index in [4.69, 9.17) is 5.11 Å². The van der Waals surface area contributed by atoms with Crippen LogP contribution in [0.3, 0.4) is 0 Å². The molecular weight excluding hydrogens is 96.0 g/mol. The molecule has 7 heavy (non-hydrogen) atoms. The maximum Gasteiger partial charge on any atom is 0.265 e. The van der Waals surface area contributed by atoms with Crippen molar-refractivity contribution in [1.29, 1.82) is 0 Å². The number of amides is 1. The third-order valence-corrected chi connectivity index (χ3v) is 0.806. The molecule has 0 aromatic rings. The Morgan fingerprint density at radius 2 is 2.57 bits per heavy atom. The first-order chi connectivity index (χ1) is 3.30.